The minimum absolute atomic E-state index is 0.334. The quantitative estimate of drug-likeness (QED) is 0.779. The van der Waals surface area contributed by atoms with E-state index in [4.69, 9.17) is 31.2 Å². The molecule has 0 amide bonds. The Morgan fingerprint density at radius 3 is 1.89 bits per heavy atom. The average Bonchev–Trinajstić information content (AvgIpc) is 2.37. The fraction of sp³-hybridized carbons (Fsp3) is 0.417. The summed E-state index contributed by atoms with van der Waals surface area (Å²) in [5.41, 5.74) is 0. The molecule has 0 heterocycles. The van der Waals surface area contributed by atoms with Crippen LogP contribution in [0.25, 0.3) is 0 Å². The highest BCUT2D eigenvalue weighted by atomic mass is 32.1. The topological polar surface area (TPSA) is 40.2 Å². The first kappa shape index (κ1) is 14.4. The van der Waals surface area contributed by atoms with Crippen LogP contribution in [0, 0.1) is 0 Å². The summed E-state index contributed by atoms with van der Waals surface area (Å²) in [7, 11) is 8.23. The fourth-order valence-corrected chi connectivity index (χ4v) is 1.43. The summed E-state index contributed by atoms with van der Waals surface area (Å²) in [6.07, 6.45) is 0. The third-order valence-electron chi connectivity index (χ3n) is 2.23. The van der Waals surface area contributed by atoms with Gasteiger partial charge in [-0.2, -0.15) is 0 Å². The Morgan fingerprint density at radius 1 is 0.944 bits per heavy atom. The first-order chi connectivity index (χ1) is 8.54. The molecule has 0 aliphatic carbocycles. The smallest absolute Gasteiger partial charge is 0.264 e. The van der Waals surface area contributed by atoms with Crippen LogP contribution in [0.1, 0.15) is 0 Å². The minimum atomic E-state index is 0.334. The predicted molar refractivity (Wildman–Crippen MR) is 73.0 cm³/mol. The van der Waals surface area contributed by atoms with Crippen molar-refractivity contribution in [2.24, 2.45) is 0 Å². The van der Waals surface area contributed by atoms with Gasteiger partial charge in [0.1, 0.15) is 0 Å². The van der Waals surface area contributed by atoms with E-state index in [1.54, 1.807) is 38.2 Å². The van der Waals surface area contributed by atoms with E-state index in [-0.39, 0.29) is 0 Å². The largest absolute Gasteiger partial charge is 0.493 e. The number of hydrogen-bond acceptors (Lipinski definition) is 5. The molecule has 0 radical (unpaired) electrons. The Labute approximate surface area is 112 Å². The van der Waals surface area contributed by atoms with E-state index in [1.165, 1.54) is 14.2 Å². The van der Waals surface area contributed by atoms with Gasteiger partial charge in [0.05, 0.1) is 21.3 Å². The molecule has 1 aromatic carbocycles. The lowest BCUT2D eigenvalue weighted by Crippen LogP contribution is -2.25. The molecule has 100 valence electrons. The Hall–Kier alpha value is -1.69. The van der Waals surface area contributed by atoms with Crippen LogP contribution in [0.3, 0.4) is 0 Å². The van der Waals surface area contributed by atoms with Gasteiger partial charge in [-0.25, -0.2) is 0 Å². The Bertz CT molecular complexity index is 434. The summed E-state index contributed by atoms with van der Waals surface area (Å²) < 4.78 is 21.3. The van der Waals surface area contributed by atoms with E-state index in [0.29, 0.717) is 28.2 Å². The number of methoxy groups -OCH3 is 3. The SMILES string of the molecule is COc1ccc(OC(=S)N(C)C)c(OC)c1OC. The van der Waals surface area contributed by atoms with Crippen LogP contribution in [0.4, 0.5) is 0 Å². The van der Waals surface area contributed by atoms with Crippen molar-refractivity contribution in [2.45, 2.75) is 0 Å². The maximum Gasteiger partial charge on any atom is 0.264 e. The number of benzene rings is 1. The third-order valence-corrected chi connectivity index (χ3v) is 2.68. The van der Waals surface area contributed by atoms with Crippen molar-refractivity contribution in [3.8, 4) is 23.0 Å². The molecule has 0 spiro atoms. The lowest BCUT2D eigenvalue weighted by atomic mass is 10.2. The van der Waals surface area contributed by atoms with Gasteiger partial charge >= 0.3 is 0 Å². The number of rotatable bonds is 4. The lowest BCUT2D eigenvalue weighted by molar-refractivity contribution is 0.313. The molecule has 5 nitrogen and oxygen atoms in total. The molecule has 0 fully saturated rings. The molecular formula is C12H17NO4S. The second-order valence-electron chi connectivity index (χ2n) is 3.59. The van der Waals surface area contributed by atoms with Crippen molar-refractivity contribution >= 4 is 17.4 Å². The molecule has 0 atom stereocenters. The van der Waals surface area contributed by atoms with Crippen LogP contribution < -0.4 is 18.9 Å². The van der Waals surface area contributed by atoms with Crippen molar-refractivity contribution in [3.63, 3.8) is 0 Å². The second kappa shape index (κ2) is 6.30. The summed E-state index contributed by atoms with van der Waals surface area (Å²) in [6, 6.07) is 3.45. The Morgan fingerprint density at radius 2 is 1.44 bits per heavy atom. The van der Waals surface area contributed by atoms with E-state index >= 15 is 0 Å². The van der Waals surface area contributed by atoms with Crippen molar-refractivity contribution < 1.29 is 18.9 Å². The standard InChI is InChI=1S/C12H17NO4S/c1-13(2)12(18)17-9-7-6-8(14-3)10(15-4)11(9)16-5/h6-7H,1-5H3. The number of ether oxygens (including phenoxy) is 4. The molecule has 0 aromatic heterocycles. The molecule has 0 saturated carbocycles. The maximum absolute atomic E-state index is 5.54. The molecule has 6 heteroatoms. The molecule has 1 aromatic rings. The number of nitrogens with zero attached hydrogens (tertiary/aromatic N) is 1. The van der Waals surface area contributed by atoms with Crippen LogP contribution in [-0.2, 0) is 0 Å². The van der Waals surface area contributed by atoms with Gasteiger partial charge < -0.3 is 23.8 Å². The van der Waals surface area contributed by atoms with Gasteiger partial charge in [-0.1, -0.05) is 0 Å². The van der Waals surface area contributed by atoms with Gasteiger partial charge in [-0.15, -0.1) is 0 Å². The van der Waals surface area contributed by atoms with Gasteiger partial charge in [0.25, 0.3) is 5.17 Å². The lowest BCUT2D eigenvalue weighted by Gasteiger charge is -2.18. The maximum atomic E-state index is 5.54. The molecule has 0 unspecified atom stereocenters. The first-order valence-electron chi connectivity index (χ1n) is 5.23. The number of thiocarbonyl (C=S) groups is 1. The molecular weight excluding hydrogens is 254 g/mol. The van der Waals surface area contributed by atoms with Gasteiger partial charge in [0, 0.05) is 14.1 Å². The highest BCUT2D eigenvalue weighted by Crippen LogP contribution is 2.43. The zero-order valence-electron chi connectivity index (χ0n) is 11.1. The van der Waals surface area contributed by atoms with Crippen LogP contribution in [0.15, 0.2) is 12.1 Å². The zero-order chi connectivity index (χ0) is 13.7. The zero-order valence-corrected chi connectivity index (χ0v) is 12.0. The van der Waals surface area contributed by atoms with Gasteiger partial charge in [-0.3, -0.25) is 0 Å². The van der Waals surface area contributed by atoms with E-state index < -0.39 is 0 Å². The molecule has 0 aliphatic heterocycles. The number of hydrogen-bond donors (Lipinski definition) is 0. The van der Waals surface area contributed by atoms with Crippen molar-refractivity contribution in [2.75, 3.05) is 35.4 Å². The van der Waals surface area contributed by atoms with Gasteiger partial charge in [0.15, 0.2) is 11.5 Å². The fourth-order valence-electron chi connectivity index (χ4n) is 1.34. The summed E-state index contributed by atoms with van der Waals surface area (Å²) in [6.45, 7) is 0. The predicted octanol–water partition coefficient (Wildman–Crippen LogP) is 1.94. The highest BCUT2D eigenvalue weighted by molar-refractivity contribution is 7.80. The van der Waals surface area contributed by atoms with Crippen LogP contribution in [-0.4, -0.2) is 45.5 Å². The molecule has 1 rings (SSSR count). The summed E-state index contributed by atoms with van der Waals surface area (Å²) in [4.78, 5) is 1.69. The summed E-state index contributed by atoms with van der Waals surface area (Å²) in [5, 5.41) is 0.334. The summed E-state index contributed by atoms with van der Waals surface area (Å²) >= 11 is 5.08. The van der Waals surface area contributed by atoms with Crippen LogP contribution >= 0.6 is 12.2 Å². The molecule has 0 bridgehead atoms. The third kappa shape index (κ3) is 2.95. The Balaban J connectivity index is 3.16. The minimum Gasteiger partial charge on any atom is -0.493 e. The second-order valence-corrected chi connectivity index (χ2v) is 3.94. The average molecular weight is 271 g/mol. The summed E-state index contributed by atoms with van der Waals surface area (Å²) in [5.74, 6) is 1.96. The van der Waals surface area contributed by atoms with E-state index in [2.05, 4.69) is 0 Å². The molecule has 18 heavy (non-hydrogen) atoms. The van der Waals surface area contributed by atoms with E-state index in [9.17, 15) is 0 Å². The van der Waals surface area contributed by atoms with Crippen molar-refractivity contribution in [1.29, 1.82) is 0 Å². The van der Waals surface area contributed by atoms with Crippen molar-refractivity contribution in [1.82, 2.24) is 4.90 Å². The molecule has 0 aliphatic rings. The van der Waals surface area contributed by atoms with Gasteiger partial charge in [-0.05, 0) is 24.4 Å². The Kier molecular flexibility index (Phi) is 5.03. The van der Waals surface area contributed by atoms with Crippen LogP contribution in [0.2, 0.25) is 0 Å². The first-order valence-corrected chi connectivity index (χ1v) is 5.64. The molecule has 0 N–H and O–H groups in total. The van der Waals surface area contributed by atoms with Gasteiger partial charge in [0.2, 0.25) is 11.5 Å². The highest BCUT2D eigenvalue weighted by Gasteiger charge is 2.18. The van der Waals surface area contributed by atoms with Crippen LogP contribution in [0.5, 0.6) is 23.0 Å². The van der Waals surface area contributed by atoms with E-state index in [0.717, 1.165) is 0 Å². The molecule has 0 saturated heterocycles. The van der Waals surface area contributed by atoms with Crippen molar-refractivity contribution in [3.05, 3.63) is 12.1 Å². The monoisotopic (exact) mass is 271 g/mol. The van der Waals surface area contributed by atoms with E-state index in [1.807, 2.05) is 0 Å². The normalized spacial score (nSPS) is 9.61.